The third-order valence-corrected chi connectivity index (χ3v) is 4.65. The number of pyridine rings is 1. The van der Waals surface area contributed by atoms with Crippen LogP contribution in [0.15, 0.2) is 24.5 Å². The van der Waals surface area contributed by atoms with Gasteiger partial charge in [-0.15, -0.1) is 21.5 Å². The lowest BCUT2D eigenvalue weighted by Gasteiger charge is -1.92. The molecule has 2 N–H and O–H groups in total. The molecule has 3 heterocycles. The van der Waals surface area contributed by atoms with Crippen LogP contribution in [0.2, 0.25) is 0 Å². The Morgan fingerprint density at radius 3 is 2.53 bits per heavy atom. The summed E-state index contributed by atoms with van der Waals surface area (Å²) in [5.74, 6) is 0. The van der Waals surface area contributed by atoms with Gasteiger partial charge in [0.1, 0.15) is 5.01 Å². The maximum absolute atomic E-state index is 5.65. The number of aryl methyl sites for hydroxylation is 1. The van der Waals surface area contributed by atoms with Gasteiger partial charge >= 0.3 is 0 Å². The lowest BCUT2D eigenvalue weighted by atomic mass is 10.2. The number of hydrogen-bond donors (Lipinski definition) is 1. The normalized spacial score (nSPS) is 10.8. The van der Waals surface area contributed by atoms with Crippen LogP contribution in [0, 0.1) is 0 Å². The highest BCUT2D eigenvalue weighted by atomic mass is 32.1. The molecule has 0 unspecified atom stereocenters. The molecule has 3 aromatic rings. The number of nitrogens with two attached hydrogens (primary N) is 1. The van der Waals surface area contributed by atoms with E-state index in [2.05, 4.69) is 27.1 Å². The first-order valence-corrected chi connectivity index (χ1v) is 7.40. The maximum atomic E-state index is 5.65. The number of thiazole rings is 1. The Balaban J connectivity index is 2.09. The number of nitrogen functional groups attached to an aromatic ring is 1. The zero-order valence-electron chi connectivity index (χ0n) is 10.2. The fourth-order valence-corrected chi connectivity index (χ4v) is 3.56. The van der Waals surface area contributed by atoms with E-state index in [9.17, 15) is 0 Å². The Kier molecular flexibility index (Phi) is 3.22. The van der Waals surface area contributed by atoms with Crippen LogP contribution >= 0.6 is 22.7 Å². The summed E-state index contributed by atoms with van der Waals surface area (Å²) in [6.07, 6.45) is 4.40. The van der Waals surface area contributed by atoms with E-state index in [-0.39, 0.29) is 0 Å². The molecule has 0 aliphatic carbocycles. The summed E-state index contributed by atoms with van der Waals surface area (Å²) >= 11 is 3.01. The van der Waals surface area contributed by atoms with Crippen molar-refractivity contribution in [3.63, 3.8) is 0 Å². The second-order valence-electron chi connectivity index (χ2n) is 3.83. The molecule has 96 valence electrons. The topological polar surface area (TPSA) is 77.6 Å². The van der Waals surface area contributed by atoms with E-state index in [1.165, 1.54) is 11.3 Å². The number of anilines is 1. The minimum absolute atomic E-state index is 0.482. The smallest absolute Gasteiger partial charge is 0.203 e. The molecule has 19 heavy (non-hydrogen) atoms. The average Bonchev–Trinajstić information content (AvgIpc) is 3.05. The molecule has 0 fully saturated rings. The molecule has 0 saturated carbocycles. The maximum Gasteiger partial charge on any atom is 0.203 e. The van der Waals surface area contributed by atoms with Gasteiger partial charge in [-0.3, -0.25) is 4.98 Å². The van der Waals surface area contributed by atoms with Gasteiger partial charge in [-0.25, -0.2) is 4.98 Å². The van der Waals surface area contributed by atoms with Crippen molar-refractivity contribution >= 4 is 27.8 Å². The SMILES string of the molecule is CCc1nc(-c2ccncc2)sc1-c1nnc(N)s1. The van der Waals surface area contributed by atoms with Gasteiger partial charge in [-0.1, -0.05) is 18.3 Å². The fraction of sp³-hybridized carbons (Fsp3) is 0.167. The molecule has 0 radical (unpaired) electrons. The van der Waals surface area contributed by atoms with Crippen LogP contribution in [0.25, 0.3) is 20.5 Å². The van der Waals surface area contributed by atoms with Gasteiger partial charge in [0.05, 0.1) is 10.6 Å². The van der Waals surface area contributed by atoms with Crippen molar-refractivity contribution in [2.24, 2.45) is 0 Å². The summed E-state index contributed by atoms with van der Waals surface area (Å²) in [5.41, 5.74) is 7.75. The van der Waals surface area contributed by atoms with Gasteiger partial charge < -0.3 is 5.73 Å². The van der Waals surface area contributed by atoms with Crippen LogP contribution in [0.3, 0.4) is 0 Å². The molecular weight excluding hydrogens is 278 g/mol. The van der Waals surface area contributed by atoms with Gasteiger partial charge in [0, 0.05) is 18.0 Å². The van der Waals surface area contributed by atoms with Crippen molar-refractivity contribution in [3.05, 3.63) is 30.2 Å². The van der Waals surface area contributed by atoms with Crippen LogP contribution in [0.5, 0.6) is 0 Å². The van der Waals surface area contributed by atoms with Crippen molar-refractivity contribution in [1.29, 1.82) is 0 Å². The summed E-state index contributed by atoms with van der Waals surface area (Å²) in [6.45, 7) is 2.08. The minimum Gasteiger partial charge on any atom is -0.374 e. The second-order valence-corrected chi connectivity index (χ2v) is 5.84. The first-order valence-electron chi connectivity index (χ1n) is 5.77. The molecule has 0 spiro atoms. The van der Waals surface area contributed by atoms with E-state index in [4.69, 9.17) is 5.73 Å². The molecule has 3 aromatic heterocycles. The third kappa shape index (κ3) is 2.34. The van der Waals surface area contributed by atoms with Gasteiger partial charge in [0.2, 0.25) is 5.13 Å². The predicted molar refractivity (Wildman–Crippen MR) is 78.0 cm³/mol. The van der Waals surface area contributed by atoms with Crippen molar-refractivity contribution in [3.8, 4) is 20.5 Å². The van der Waals surface area contributed by atoms with Crippen molar-refractivity contribution in [2.45, 2.75) is 13.3 Å². The monoisotopic (exact) mass is 289 g/mol. The third-order valence-electron chi connectivity index (χ3n) is 2.59. The second kappa shape index (κ2) is 5.02. The molecule has 3 rings (SSSR count). The Morgan fingerprint density at radius 1 is 1.11 bits per heavy atom. The molecule has 0 bridgehead atoms. The van der Waals surface area contributed by atoms with E-state index in [1.54, 1.807) is 23.7 Å². The fourth-order valence-electron chi connectivity index (χ4n) is 1.70. The molecule has 0 atom stereocenters. The van der Waals surface area contributed by atoms with E-state index in [0.717, 1.165) is 32.6 Å². The van der Waals surface area contributed by atoms with Gasteiger partial charge in [-0.2, -0.15) is 0 Å². The molecule has 0 aromatic carbocycles. The summed E-state index contributed by atoms with van der Waals surface area (Å²) in [4.78, 5) is 9.75. The average molecular weight is 289 g/mol. The highest BCUT2D eigenvalue weighted by Gasteiger charge is 2.16. The largest absolute Gasteiger partial charge is 0.374 e. The van der Waals surface area contributed by atoms with Gasteiger partial charge in [0.25, 0.3) is 0 Å². The quantitative estimate of drug-likeness (QED) is 0.802. The predicted octanol–water partition coefficient (Wildman–Crippen LogP) is 2.87. The van der Waals surface area contributed by atoms with Crippen LogP contribution in [0.1, 0.15) is 12.6 Å². The molecule has 0 aliphatic rings. The number of nitrogens with zero attached hydrogens (tertiary/aromatic N) is 4. The van der Waals surface area contributed by atoms with Crippen molar-refractivity contribution < 1.29 is 0 Å². The zero-order chi connectivity index (χ0) is 13.2. The lowest BCUT2D eigenvalue weighted by molar-refractivity contribution is 1.05. The van der Waals surface area contributed by atoms with Crippen molar-refractivity contribution in [1.82, 2.24) is 20.2 Å². The minimum atomic E-state index is 0.482. The van der Waals surface area contributed by atoms with Gasteiger partial charge in [-0.05, 0) is 18.6 Å². The highest BCUT2D eigenvalue weighted by Crippen LogP contribution is 2.37. The van der Waals surface area contributed by atoms with Crippen LogP contribution in [0.4, 0.5) is 5.13 Å². The highest BCUT2D eigenvalue weighted by molar-refractivity contribution is 7.24. The van der Waals surface area contributed by atoms with E-state index < -0.39 is 0 Å². The zero-order valence-corrected chi connectivity index (χ0v) is 11.8. The van der Waals surface area contributed by atoms with E-state index in [0.29, 0.717) is 5.13 Å². The number of aromatic nitrogens is 4. The van der Waals surface area contributed by atoms with Crippen molar-refractivity contribution in [2.75, 3.05) is 5.73 Å². The molecule has 7 heteroatoms. The lowest BCUT2D eigenvalue weighted by Crippen LogP contribution is -1.84. The summed E-state index contributed by atoms with van der Waals surface area (Å²) in [7, 11) is 0. The Morgan fingerprint density at radius 2 is 1.89 bits per heavy atom. The standard InChI is InChI=1S/C12H11N5S2/c1-2-8-9(11-16-17-12(13)19-11)18-10(15-8)7-3-5-14-6-4-7/h3-6H,2H2,1H3,(H2,13,17). The van der Waals surface area contributed by atoms with E-state index in [1.807, 2.05) is 12.1 Å². The molecule has 5 nitrogen and oxygen atoms in total. The number of rotatable bonds is 3. The Labute approximate surface area is 118 Å². The Bertz CT molecular complexity index is 689. The van der Waals surface area contributed by atoms with Crippen LogP contribution in [-0.2, 0) is 6.42 Å². The van der Waals surface area contributed by atoms with Crippen LogP contribution < -0.4 is 5.73 Å². The first kappa shape index (κ1) is 12.2. The summed E-state index contributed by atoms with van der Waals surface area (Å²) in [6, 6.07) is 3.91. The van der Waals surface area contributed by atoms with E-state index >= 15 is 0 Å². The Hall–Kier alpha value is -1.86. The molecule has 0 saturated heterocycles. The van der Waals surface area contributed by atoms with Gasteiger partial charge in [0.15, 0.2) is 5.01 Å². The van der Waals surface area contributed by atoms with Crippen LogP contribution in [-0.4, -0.2) is 20.2 Å². The molecule has 0 amide bonds. The summed E-state index contributed by atoms with van der Waals surface area (Å²) < 4.78 is 0. The number of hydrogen-bond acceptors (Lipinski definition) is 7. The molecular formula is C12H11N5S2. The first-order chi connectivity index (χ1) is 9.28. The molecule has 0 aliphatic heterocycles. The summed E-state index contributed by atoms with van der Waals surface area (Å²) in [5, 5.41) is 10.3.